The van der Waals surface area contributed by atoms with Crippen LogP contribution in [-0.2, 0) is 0 Å². The SMILES string of the molecule is CCCCCCCCC(CCCCCC)C1=C[CH]1. The van der Waals surface area contributed by atoms with Gasteiger partial charge in [-0.25, -0.2) is 0 Å². The van der Waals surface area contributed by atoms with Crippen LogP contribution in [0.25, 0.3) is 0 Å². The zero-order valence-electron chi connectivity index (χ0n) is 12.7. The average molecular weight is 249 g/mol. The van der Waals surface area contributed by atoms with Gasteiger partial charge in [0.2, 0.25) is 0 Å². The summed E-state index contributed by atoms with van der Waals surface area (Å²) < 4.78 is 0. The lowest BCUT2D eigenvalue weighted by Crippen LogP contribution is -1.99. The van der Waals surface area contributed by atoms with Crippen molar-refractivity contribution in [1.82, 2.24) is 0 Å². The Morgan fingerprint density at radius 2 is 1.17 bits per heavy atom. The largest absolute Gasteiger partial charge is 0.0763 e. The van der Waals surface area contributed by atoms with Crippen LogP contribution < -0.4 is 0 Å². The molecule has 0 saturated heterocycles. The van der Waals surface area contributed by atoms with Gasteiger partial charge in [0.05, 0.1) is 0 Å². The predicted octanol–water partition coefficient (Wildman–Crippen LogP) is 6.47. The zero-order chi connectivity index (χ0) is 13.1. The second-order valence-corrected chi connectivity index (χ2v) is 5.94. The molecule has 1 aliphatic rings. The summed E-state index contributed by atoms with van der Waals surface area (Å²) in [6, 6.07) is 0. The highest BCUT2D eigenvalue weighted by Crippen LogP contribution is 2.34. The molecule has 0 aromatic rings. The van der Waals surface area contributed by atoms with E-state index in [9.17, 15) is 0 Å². The van der Waals surface area contributed by atoms with Gasteiger partial charge in [-0.15, -0.1) is 0 Å². The van der Waals surface area contributed by atoms with Gasteiger partial charge in [0.15, 0.2) is 0 Å². The van der Waals surface area contributed by atoms with Gasteiger partial charge in [0.25, 0.3) is 0 Å². The molecule has 0 fully saturated rings. The second-order valence-electron chi connectivity index (χ2n) is 5.94. The molecule has 0 heteroatoms. The van der Waals surface area contributed by atoms with Crippen LogP contribution in [0.2, 0.25) is 0 Å². The van der Waals surface area contributed by atoms with E-state index in [0.29, 0.717) is 0 Å². The first-order valence-corrected chi connectivity index (χ1v) is 8.43. The number of hydrogen-bond acceptors (Lipinski definition) is 0. The van der Waals surface area contributed by atoms with E-state index in [4.69, 9.17) is 0 Å². The molecule has 1 aliphatic carbocycles. The highest BCUT2D eigenvalue weighted by atomic mass is 14.2. The quantitative estimate of drug-likeness (QED) is 0.328. The fourth-order valence-corrected chi connectivity index (χ4v) is 2.79. The molecule has 105 valence electrons. The second kappa shape index (κ2) is 10.6. The Morgan fingerprint density at radius 1 is 0.722 bits per heavy atom. The lowest BCUT2D eigenvalue weighted by atomic mass is 9.92. The summed E-state index contributed by atoms with van der Waals surface area (Å²) in [7, 11) is 0. The number of allylic oxidation sites excluding steroid dienone is 2. The van der Waals surface area contributed by atoms with Gasteiger partial charge in [0, 0.05) is 6.42 Å². The van der Waals surface area contributed by atoms with Crippen LogP contribution >= 0.6 is 0 Å². The molecule has 0 nitrogen and oxygen atoms in total. The van der Waals surface area contributed by atoms with Crippen LogP contribution in [0.3, 0.4) is 0 Å². The van der Waals surface area contributed by atoms with E-state index in [1.807, 2.05) is 0 Å². The average Bonchev–Trinajstić information content (AvgIpc) is 3.20. The summed E-state index contributed by atoms with van der Waals surface area (Å²) in [5.74, 6) is 0.910. The van der Waals surface area contributed by atoms with E-state index in [2.05, 4.69) is 26.3 Å². The summed E-state index contributed by atoms with van der Waals surface area (Å²) in [5, 5.41) is 0. The zero-order valence-corrected chi connectivity index (χ0v) is 12.7. The van der Waals surface area contributed by atoms with Crippen LogP contribution in [0, 0.1) is 12.3 Å². The first-order valence-electron chi connectivity index (χ1n) is 8.43. The van der Waals surface area contributed by atoms with Crippen LogP contribution in [-0.4, -0.2) is 0 Å². The number of rotatable bonds is 13. The molecular formula is C18H33. The van der Waals surface area contributed by atoms with E-state index in [0.717, 1.165) is 5.92 Å². The summed E-state index contributed by atoms with van der Waals surface area (Å²) in [6.45, 7) is 4.59. The third-order valence-corrected chi connectivity index (χ3v) is 4.14. The van der Waals surface area contributed by atoms with Crippen molar-refractivity contribution in [3.05, 3.63) is 18.1 Å². The molecular weight excluding hydrogens is 216 g/mol. The first kappa shape index (κ1) is 15.8. The molecule has 0 saturated carbocycles. The van der Waals surface area contributed by atoms with Crippen molar-refractivity contribution in [2.45, 2.75) is 90.9 Å². The van der Waals surface area contributed by atoms with E-state index in [1.54, 1.807) is 5.57 Å². The Labute approximate surface area is 115 Å². The molecule has 1 rings (SSSR count). The van der Waals surface area contributed by atoms with E-state index >= 15 is 0 Å². The molecule has 0 aliphatic heterocycles. The van der Waals surface area contributed by atoms with Gasteiger partial charge >= 0.3 is 0 Å². The minimum atomic E-state index is 0.910. The van der Waals surface area contributed by atoms with Crippen molar-refractivity contribution in [2.24, 2.45) is 5.92 Å². The molecule has 18 heavy (non-hydrogen) atoms. The van der Waals surface area contributed by atoms with Gasteiger partial charge in [-0.3, -0.25) is 0 Å². The first-order chi connectivity index (χ1) is 8.88. The predicted molar refractivity (Wildman–Crippen MR) is 82.6 cm³/mol. The molecule has 1 radical (unpaired) electrons. The van der Waals surface area contributed by atoms with Crippen molar-refractivity contribution < 1.29 is 0 Å². The topological polar surface area (TPSA) is 0 Å². The molecule has 0 aromatic heterocycles. The Hall–Kier alpha value is -0.260. The maximum absolute atomic E-state index is 2.33. The minimum Gasteiger partial charge on any atom is -0.0763 e. The van der Waals surface area contributed by atoms with Crippen molar-refractivity contribution in [2.75, 3.05) is 0 Å². The number of hydrogen-bond donors (Lipinski definition) is 0. The molecule has 0 heterocycles. The van der Waals surface area contributed by atoms with Gasteiger partial charge in [-0.1, -0.05) is 89.7 Å². The lowest BCUT2D eigenvalue weighted by Gasteiger charge is -2.14. The van der Waals surface area contributed by atoms with Gasteiger partial charge in [-0.05, 0) is 18.8 Å². The van der Waals surface area contributed by atoms with Crippen LogP contribution in [0.4, 0.5) is 0 Å². The maximum atomic E-state index is 2.33. The minimum absolute atomic E-state index is 0.910. The van der Waals surface area contributed by atoms with Gasteiger partial charge in [0.1, 0.15) is 0 Å². The molecule has 0 spiro atoms. The highest BCUT2D eigenvalue weighted by molar-refractivity contribution is 5.40. The van der Waals surface area contributed by atoms with E-state index in [1.165, 1.54) is 77.0 Å². The smallest absolute Gasteiger partial charge is 0.00832 e. The third-order valence-electron chi connectivity index (χ3n) is 4.14. The highest BCUT2D eigenvalue weighted by Gasteiger charge is 2.19. The fraction of sp³-hybridized carbons (Fsp3) is 0.833. The standard InChI is InChI=1S/C18H33/c1-3-5-7-9-10-12-14-17(18-15-16-18)13-11-8-6-4-2/h15-17H,3-14H2,1-2H3. The van der Waals surface area contributed by atoms with Gasteiger partial charge < -0.3 is 0 Å². The summed E-state index contributed by atoms with van der Waals surface area (Å²) in [6.07, 6.45) is 21.8. The van der Waals surface area contributed by atoms with Crippen molar-refractivity contribution in [3.8, 4) is 0 Å². The lowest BCUT2D eigenvalue weighted by molar-refractivity contribution is 0.462. The Kier molecular flexibility index (Phi) is 9.34. The number of unbranched alkanes of at least 4 members (excludes halogenated alkanes) is 8. The third kappa shape index (κ3) is 7.95. The summed E-state index contributed by atoms with van der Waals surface area (Å²) in [4.78, 5) is 0. The van der Waals surface area contributed by atoms with Crippen molar-refractivity contribution >= 4 is 0 Å². The Balaban J connectivity index is 1.98. The maximum Gasteiger partial charge on any atom is 0.00832 e. The van der Waals surface area contributed by atoms with Gasteiger partial charge in [-0.2, -0.15) is 0 Å². The molecule has 0 N–H and O–H groups in total. The van der Waals surface area contributed by atoms with Crippen molar-refractivity contribution in [3.63, 3.8) is 0 Å². The normalized spacial score (nSPS) is 15.6. The Morgan fingerprint density at radius 3 is 1.67 bits per heavy atom. The molecule has 0 aromatic carbocycles. The van der Waals surface area contributed by atoms with Crippen LogP contribution in [0.1, 0.15) is 90.9 Å². The van der Waals surface area contributed by atoms with E-state index in [-0.39, 0.29) is 0 Å². The monoisotopic (exact) mass is 249 g/mol. The molecule has 0 bridgehead atoms. The summed E-state index contributed by atoms with van der Waals surface area (Å²) in [5.41, 5.74) is 1.67. The molecule has 0 amide bonds. The van der Waals surface area contributed by atoms with Crippen LogP contribution in [0.5, 0.6) is 0 Å². The molecule has 1 unspecified atom stereocenters. The van der Waals surface area contributed by atoms with E-state index < -0.39 is 0 Å². The fourth-order valence-electron chi connectivity index (χ4n) is 2.79. The van der Waals surface area contributed by atoms with Crippen molar-refractivity contribution in [1.29, 1.82) is 0 Å². The Bertz CT molecular complexity index is 214. The molecule has 1 atom stereocenters. The van der Waals surface area contributed by atoms with Crippen LogP contribution in [0.15, 0.2) is 11.6 Å². The summed E-state index contributed by atoms with van der Waals surface area (Å²) >= 11 is 0.